The van der Waals surface area contributed by atoms with Gasteiger partial charge in [-0.3, -0.25) is 24.8 Å². The minimum absolute atomic E-state index is 0.0303. The molecule has 0 radical (unpaired) electrons. The molecule has 35 heavy (non-hydrogen) atoms. The molecule has 1 aliphatic rings. The van der Waals surface area contributed by atoms with E-state index in [9.17, 15) is 14.4 Å². The van der Waals surface area contributed by atoms with E-state index < -0.39 is 11.8 Å². The maximum atomic E-state index is 13.6. The Hall–Kier alpha value is -2.67. The number of carbonyl (C=O) groups is 3. The van der Waals surface area contributed by atoms with Crippen LogP contribution in [0.15, 0.2) is 36.4 Å². The SMILES string of the molecule is CNC(=O)C(C/C=C/c1ccccc1)C(CC(C)C)C(=O)NN(CC(C)C)C(=O)C1CCNCC1. The molecule has 1 aromatic rings. The predicted octanol–water partition coefficient (Wildman–Crippen LogP) is 3.63. The number of benzene rings is 1. The Bertz CT molecular complexity index is 832. The van der Waals surface area contributed by atoms with Crippen molar-refractivity contribution >= 4 is 23.8 Å². The predicted molar refractivity (Wildman–Crippen MR) is 141 cm³/mol. The number of amides is 3. The molecular weight excluding hydrogens is 440 g/mol. The third-order valence-corrected chi connectivity index (χ3v) is 6.38. The summed E-state index contributed by atoms with van der Waals surface area (Å²) in [7, 11) is 1.60. The normalized spacial score (nSPS) is 16.3. The van der Waals surface area contributed by atoms with Crippen LogP contribution in [0, 0.1) is 29.6 Å². The highest BCUT2D eigenvalue weighted by Gasteiger charge is 2.35. The smallest absolute Gasteiger partial charge is 0.244 e. The van der Waals surface area contributed by atoms with E-state index in [2.05, 4.69) is 16.1 Å². The molecule has 1 heterocycles. The van der Waals surface area contributed by atoms with Gasteiger partial charge in [0.25, 0.3) is 0 Å². The average molecular weight is 485 g/mol. The van der Waals surface area contributed by atoms with E-state index in [1.165, 1.54) is 5.01 Å². The molecule has 1 aromatic carbocycles. The zero-order valence-electron chi connectivity index (χ0n) is 22.0. The van der Waals surface area contributed by atoms with Crippen molar-refractivity contribution in [3.8, 4) is 0 Å². The lowest BCUT2D eigenvalue weighted by Crippen LogP contribution is -2.54. The molecule has 2 unspecified atom stereocenters. The van der Waals surface area contributed by atoms with Crippen LogP contribution in [0.1, 0.15) is 58.9 Å². The lowest BCUT2D eigenvalue weighted by molar-refractivity contribution is -0.149. The van der Waals surface area contributed by atoms with Crippen LogP contribution in [0.2, 0.25) is 0 Å². The first-order valence-electron chi connectivity index (χ1n) is 13.0. The third-order valence-electron chi connectivity index (χ3n) is 6.38. The van der Waals surface area contributed by atoms with Gasteiger partial charge < -0.3 is 10.6 Å². The monoisotopic (exact) mass is 484 g/mol. The number of hydrogen-bond acceptors (Lipinski definition) is 4. The van der Waals surface area contributed by atoms with Gasteiger partial charge in [0.2, 0.25) is 17.7 Å². The molecular formula is C28H44N4O3. The summed E-state index contributed by atoms with van der Waals surface area (Å²) in [6.45, 7) is 10.2. The molecule has 7 nitrogen and oxygen atoms in total. The van der Waals surface area contributed by atoms with Gasteiger partial charge in [0.05, 0.1) is 11.8 Å². The summed E-state index contributed by atoms with van der Waals surface area (Å²) >= 11 is 0. The van der Waals surface area contributed by atoms with Gasteiger partial charge >= 0.3 is 0 Å². The molecule has 1 saturated heterocycles. The van der Waals surface area contributed by atoms with Crippen molar-refractivity contribution in [1.29, 1.82) is 0 Å². The van der Waals surface area contributed by atoms with Crippen molar-refractivity contribution in [2.75, 3.05) is 26.7 Å². The molecule has 0 aromatic heterocycles. The van der Waals surface area contributed by atoms with Gasteiger partial charge in [0.15, 0.2) is 0 Å². The van der Waals surface area contributed by atoms with E-state index in [4.69, 9.17) is 0 Å². The highest BCUT2D eigenvalue weighted by Crippen LogP contribution is 2.26. The number of carbonyl (C=O) groups excluding carboxylic acids is 3. The lowest BCUT2D eigenvalue weighted by atomic mass is 9.82. The molecule has 0 bridgehead atoms. The van der Waals surface area contributed by atoms with E-state index in [0.717, 1.165) is 31.5 Å². The molecule has 1 aliphatic heterocycles. The zero-order valence-corrected chi connectivity index (χ0v) is 22.0. The highest BCUT2D eigenvalue weighted by atomic mass is 16.2. The largest absolute Gasteiger partial charge is 0.359 e. The molecule has 0 spiro atoms. The Kier molecular flexibility index (Phi) is 12.0. The van der Waals surface area contributed by atoms with Gasteiger partial charge in [0, 0.05) is 19.5 Å². The summed E-state index contributed by atoms with van der Waals surface area (Å²) in [5.74, 6) is -1.21. The summed E-state index contributed by atoms with van der Waals surface area (Å²) in [4.78, 5) is 39.8. The number of nitrogens with one attached hydrogen (secondary N) is 3. The van der Waals surface area contributed by atoms with Crippen LogP contribution in [0.3, 0.4) is 0 Å². The first-order valence-corrected chi connectivity index (χ1v) is 13.0. The molecule has 3 N–H and O–H groups in total. The standard InChI is InChI=1S/C28H44N4O3/c1-20(2)18-25(24(26(33)29-5)13-9-12-22-10-7-6-8-11-22)27(34)31-32(19-21(3)4)28(35)23-14-16-30-17-15-23/h6-12,20-21,23-25,30H,13-19H2,1-5H3,(H,29,33)(H,31,34)/b12-9+. The van der Waals surface area contributed by atoms with Gasteiger partial charge in [-0.05, 0) is 56.2 Å². The number of rotatable bonds is 11. The van der Waals surface area contributed by atoms with E-state index in [-0.39, 0.29) is 35.5 Å². The van der Waals surface area contributed by atoms with E-state index in [0.29, 0.717) is 19.4 Å². The van der Waals surface area contributed by atoms with Crippen LogP contribution in [0.5, 0.6) is 0 Å². The fourth-order valence-electron chi connectivity index (χ4n) is 4.58. The second-order valence-corrected chi connectivity index (χ2v) is 10.3. The van der Waals surface area contributed by atoms with Gasteiger partial charge in [0.1, 0.15) is 0 Å². The van der Waals surface area contributed by atoms with Crippen LogP contribution in [-0.2, 0) is 14.4 Å². The number of hydrazine groups is 1. The van der Waals surface area contributed by atoms with Gasteiger partial charge in [-0.15, -0.1) is 0 Å². The van der Waals surface area contributed by atoms with E-state index in [1.807, 2.05) is 70.2 Å². The van der Waals surface area contributed by atoms with Crippen molar-refractivity contribution in [3.63, 3.8) is 0 Å². The maximum absolute atomic E-state index is 13.6. The molecule has 0 aliphatic carbocycles. The molecule has 1 fully saturated rings. The molecule has 2 atom stereocenters. The number of allylic oxidation sites excluding steroid dienone is 1. The molecule has 2 rings (SSSR count). The Balaban J connectivity index is 2.23. The topological polar surface area (TPSA) is 90.5 Å². The number of hydrogen-bond donors (Lipinski definition) is 3. The van der Waals surface area contributed by atoms with Crippen LogP contribution in [0.25, 0.3) is 6.08 Å². The Morgan fingerprint density at radius 2 is 1.66 bits per heavy atom. The van der Waals surface area contributed by atoms with Crippen molar-refractivity contribution in [2.24, 2.45) is 29.6 Å². The van der Waals surface area contributed by atoms with Gasteiger partial charge in [-0.2, -0.15) is 0 Å². The highest BCUT2D eigenvalue weighted by molar-refractivity contribution is 5.89. The van der Waals surface area contributed by atoms with Crippen molar-refractivity contribution in [3.05, 3.63) is 42.0 Å². The molecule has 3 amide bonds. The minimum atomic E-state index is -0.550. The molecule has 0 saturated carbocycles. The second kappa shape index (κ2) is 14.7. The molecule has 7 heteroatoms. The third kappa shape index (κ3) is 9.48. The van der Waals surface area contributed by atoms with E-state index in [1.54, 1.807) is 7.05 Å². The summed E-state index contributed by atoms with van der Waals surface area (Å²) in [5.41, 5.74) is 3.98. The minimum Gasteiger partial charge on any atom is -0.359 e. The molecule has 194 valence electrons. The Morgan fingerprint density at radius 3 is 2.23 bits per heavy atom. The fourth-order valence-corrected chi connectivity index (χ4v) is 4.58. The Labute approximate surface area is 211 Å². The van der Waals surface area contributed by atoms with Crippen LogP contribution in [-0.4, -0.2) is 49.4 Å². The average Bonchev–Trinajstić information content (AvgIpc) is 2.85. The number of piperidine rings is 1. The van der Waals surface area contributed by atoms with E-state index >= 15 is 0 Å². The van der Waals surface area contributed by atoms with Gasteiger partial charge in [-0.1, -0.05) is 70.2 Å². The summed E-state index contributed by atoms with van der Waals surface area (Å²) in [5, 5.41) is 7.54. The Morgan fingerprint density at radius 1 is 1.00 bits per heavy atom. The number of nitrogens with zero attached hydrogens (tertiary/aromatic N) is 1. The second-order valence-electron chi connectivity index (χ2n) is 10.3. The van der Waals surface area contributed by atoms with Crippen LogP contribution >= 0.6 is 0 Å². The maximum Gasteiger partial charge on any atom is 0.244 e. The zero-order chi connectivity index (χ0) is 25.8. The summed E-state index contributed by atoms with van der Waals surface area (Å²) in [6, 6.07) is 9.89. The van der Waals surface area contributed by atoms with Crippen molar-refractivity contribution in [1.82, 2.24) is 21.1 Å². The first kappa shape index (κ1) is 28.6. The fraction of sp³-hybridized carbons (Fsp3) is 0.607. The quantitative estimate of drug-likeness (QED) is 0.419. The van der Waals surface area contributed by atoms with Crippen molar-refractivity contribution < 1.29 is 14.4 Å². The summed E-state index contributed by atoms with van der Waals surface area (Å²) < 4.78 is 0. The van der Waals surface area contributed by atoms with Crippen LogP contribution in [0.4, 0.5) is 0 Å². The summed E-state index contributed by atoms with van der Waals surface area (Å²) in [6.07, 6.45) is 6.47. The lowest BCUT2D eigenvalue weighted by Gasteiger charge is -2.33. The van der Waals surface area contributed by atoms with Crippen LogP contribution < -0.4 is 16.1 Å². The van der Waals surface area contributed by atoms with Gasteiger partial charge in [-0.25, -0.2) is 0 Å². The van der Waals surface area contributed by atoms with Crippen molar-refractivity contribution in [2.45, 2.75) is 53.4 Å². The first-order chi connectivity index (χ1) is 16.7.